The van der Waals surface area contributed by atoms with Gasteiger partial charge >= 0.3 is 0 Å². The average Bonchev–Trinajstić information content (AvgIpc) is 2.70. The molecule has 84 valence electrons. The number of rotatable bonds is 4. The fourth-order valence-corrected chi connectivity index (χ4v) is 1.96. The zero-order valence-corrected chi connectivity index (χ0v) is 10.9. The molecular weight excluding hydrogens is 264 g/mol. The zero-order valence-electron chi connectivity index (χ0n) is 9.28. The maximum Gasteiger partial charge on any atom is 0.0470 e. The summed E-state index contributed by atoms with van der Waals surface area (Å²) < 4.78 is 3.33. The summed E-state index contributed by atoms with van der Waals surface area (Å²) >= 11 is 3.44. The van der Waals surface area contributed by atoms with Crippen LogP contribution in [-0.4, -0.2) is 11.6 Å². The topological polar surface area (TPSA) is 17.0 Å². The van der Waals surface area contributed by atoms with Gasteiger partial charge in [0, 0.05) is 30.0 Å². The molecule has 0 amide bonds. The highest BCUT2D eigenvalue weighted by atomic mass is 79.9. The summed E-state index contributed by atoms with van der Waals surface area (Å²) in [7, 11) is 1.96. The molecule has 2 rings (SSSR count). The minimum atomic E-state index is 0.924. The molecule has 0 radical (unpaired) electrons. The first-order chi connectivity index (χ1) is 7.78. The van der Waals surface area contributed by atoms with Gasteiger partial charge in [-0.05, 0) is 36.4 Å². The predicted octanol–water partition coefficient (Wildman–Crippen LogP) is 3.02. The Bertz CT molecular complexity index is 445. The molecule has 1 aromatic heterocycles. The van der Waals surface area contributed by atoms with E-state index in [-0.39, 0.29) is 0 Å². The molecule has 16 heavy (non-hydrogen) atoms. The van der Waals surface area contributed by atoms with Crippen LogP contribution in [0.2, 0.25) is 0 Å². The van der Waals surface area contributed by atoms with Gasteiger partial charge in [0.25, 0.3) is 0 Å². The van der Waals surface area contributed by atoms with E-state index < -0.39 is 0 Å². The fraction of sp³-hybridized carbons (Fsp3) is 0.231. The summed E-state index contributed by atoms with van der Waals surface area (Å²) in [6, 6.07) is 10.6. The average molecular weight is 279 g/mol. The van der Waals surface area contributed by atoms with Crippen LogP contribution in [-0.2, 0) is 13.1 Å². The van der Waals surface area contributed by atoms with Crippen LogP contribution in [0.3, 0.4) is 0 Å². The van der Waals surface area contributed by atoms with E-state index in [2.05, 4.69) is 68.5 Å². The van der Waals surface area contributed by atoms with E-state index in [1.165, 1.54) is 11.1 Å². The molecule has 0 aliphatic rings. The van der Waals surface area contributed by atoms with Crippen LogP contribution in [0.4, 0.5) is 0 Å². The smallest absolute Gasteiger partial charge is 0.0470 e. The van der Waals surface area contributed by atoms with Gasteiger partial charge in [-0.2, -0.15) is 0 Å². The molecular formula is C13H15BrN2. The van der Waals surface area contributed by atoms with Crippen molar-refractivity contribution in [2.24, 2.45) is 0 Å². The quantitative estimate of drug-likeness (QED) is 0.910. The summed E-state index contributed by atoms with van der Waals surface area (Å²) in [5.74, 6) is 0. The zero-order chi connectivity index (χ0) is 11.4. The predicted molar refractivity (Wildman–Crippen MR) is 70.4 cm³/mol. The maximum atomic E-state index is 3.44. The molecule has 1 aromatic carbocycles. The lowest BCUT2D eigenvalue weighted by molar-refractivity contribution is 0.782. The second kappa shape index (κ2) is 5.32. The molecule has 0 saturated carbocycles. The van der Waals surface area contributed by atoms with Crippen LogP contribution in [0.15, 0.2) is 47.2 Å². The number of hydrogen-bond acceptors (Lipinski definition) is 1. The van der Waals surface area contributed by atoms with Crippen LogP contribution >= 0.6 is 15.9 Å². The highest BCUT2D eigenvalue weighted by molar-refractivity contribution is 9.10. The molecule has 1 heterocycles. The van der Waals surface area contributed by atoms with Gasteiger partial charge in [-0.15, -0.1) is 0 Å². The summed E-state index contributed by atoms with van der Waals surface area (Å²) in [5.41, 5.74) is 2.63. The van der Waals surface area contributed by atoms with E-state index in [1.807, 2.05) is 7.05 Å². The third-order valence-corrected chi connectivity index (χ3v) is 3.00. The molecule has 0 atom stereocenters. The van der Waals surface area contributed by atoms with Crippen LogP contribution in [0.25, 0.3) is 0 Å². The Morgan fingerprint density at radius 1 is 1.12 bits per heavy atom. The Labute approximate surface area is 104 Å². The largest absolute Gasteiger partial charge is 0.350 e. The van der Waals surface area contributed by atoms with E-state index in [4.69, 9.17) is 0 Å². The van der Waals surface area contributed by atoms with Crippen molar-refractivity contribution < 1.29 is 0 Å². The second-order valence-corrected chi connectivity index (χ2v) is 4.76. The highest BCUT2D eigenvalue weighted by Crippen LogP contribution is 2.12. The Balaban J connectivity index is 2.05. The summed E-state index contributed by atoms with van der Waals surface area (Å²) in [6.45, 7) is 1.85. The Morgan fingerprint density at radius 3 is 2.56 bits per heavy atom. The van der Waals surface area contributed by atoms with Crippen molar-refractivity contribution in [2.75, 3.05) is 7.05 Å². The number of aromatic nitrogens is 1. The Morgan fingerprint density at radius 2 is 1.88 bits per heavy atom. The molecule has 3 heteroatoms. The van der Waals surface area contributed by atoms with Crippen LogP contribution in [0.5, 0.6) is 0 Å². The molecule has 0 saturated heterocycles. The number of halogens is 1. The molecule has 0 fully saturated rings. The summed E-state index contributed by atoms with van der Waals surface area (Å²) in [5, 5.41) is 3.15. The summed E-state index contributed by atoms with van der Waals surface area (Å²) in [4.78, 5) is 0. The molecule has 0 unspecified atom stereocenters. The number of nitrogens with one attached hydrogen (secondary N) is 1. The lowest BCUT2D eigenvalue weighted by Gasteiger charge is -2.03. The minimum Gasteiger partial charge on any atom is -0.350 e. The first-order valence-electron chi connectivity index (χ1n) is 5.31. The van der Waals surface area contributed by atoms with Crippen LogP contribution in [0, 0.1) is 0 Å². The second-order valence-electron chi connectivity index (χ2n) is 3.85. The third kappa shape index (κ3) is 2.97. The molecule has 0 spiro atoms. The number of hydrogen-bond donors (Lipinski definition) is 1. The molecule has 0 aliphatic heterocycles. The molecule has 2 aromatic rings. The first kappa shape index (κ1) is 11.4. The van der Waals surface area contributed by atoms with Gasteiger partial charge in [0.1, 0.15) is 0 Å². The van der Waals surface area contributed by atoms with E-state index in [0.717, 1.165) is 17.6 Å². The van der Waals surface area contributed by atoms with Crippen LogP contribution in [0.1, 0.15) is 11.1 Å². The van der Waals surface area contributed by atoms with E-state index in [0.29, 0.717) is 0 Å². The van der Waals surface area contributed by atoms with Crippen molar-refractivity contribution in [3.63, 3.8) is 0 Å². The van der Waals surface area contributed by atoms with Crippen molar-refractivity contribution in [2.45, 2.75) is 13.1 Å². The normalized spacial score (nSPS) is 10.6. The van der Waals surface area contributed by atoms with Gasteiger partial charge < -0.3 is 9.88 Å². The molecule has 2 nitrogen and oxygen atoms in total. The third-order valence-electron chi connectivity index (χ3n) is 2.47. The molecule has 1 N–H and O–H groups in total. The van der Waals surface area contributed by atoms with Crippen molar-refractivity contribution in [1.29, 1.82) is 0 Å². The van der Waals surface area contributed by atoms with E-state index >= 15 is 0 Å². The summed E-state index contributed by atoms with van der Waals surface area (Å²) in [6.07, 6.45) is 4.30. The van der Waals surface area contributed by atoms with Gasteiger partial charge in [-0.25, -0.2) is 0 Å². The number of benzene rings is 1. The van der Waals surface area contributed by atoms with Crippen LogP contribution < -0.4 is 5.32 Å². The SMILES string of the molecule is CNCc1ccn(Cc2ccc(Br)cc2)c1. The van der Waals surface area contributed by atoms with Crippen molar-refractivity contribution in [1.82, 2.24) is 9.88 Å². The monoisotopic (exact) mass is 278 g/mol. The Hall–Kier alpha value is -1.06. The lowest BCUT2D eigenvalue weighted by Crippen LogP contribution is -2.04. The molecule has 0 bridgehead atoms. The van der Waals surface area contributed by atoms with Crippen molar-refractivity contribution >= 4 is 15.9 Å². The number of nitrogens with zero attached hydrogens (tertiary/aromatic N) is 1. The van der Waals surface area contributed by atoms with Gasteiger partial charge in [-0.1, -0.05) is 28.1 Å². The van der Waals surface area contributed by atoms with Gasteiger partial charge in [0.15, 0.2) is 0 Å². The van der Waals surface area contributed by atoms with Crippen molar-refractivity contribution in [3.8, 4) is 0 Å². The maximum absolute atomic E-state index is 3.44. The Kier molecular flexibility index (Phi) is 3.80. The molecule has 0 aliphatic carbocycles. The van der Waals surface area contributed by atoms with Gasteiger partial charge in [-0.3, -0.25) is 0 Å². The van der Waals surface area contributed by atoms with Gasteiger partial charge in [0.2, 0.25) is 0 Å². The van der Waals surface area contributed by atoms with E-state index in [9.17, 15) is 0 Å². The van der Waals surface area contributed by atoms with E-state index in [1.54, 1.807) is 0 Å². The highest BCUT2D eigenvalue weighted by Gasteiger charge is 1.97. The fourth-order valence-electron chi connectivity index (χ4n) is 1.70. The van der Waals surface area contributed by atoms with Crippen molar-refractivity contribution in [3.05, 3.63) is 58.3 Å². The lowest BCUT2D eigenvalue weighted by atomic mass is 10.2. The van der Waals surface area contributed by atoms with Gasteiger partial charge in [0.05, 0.1) is 0 Å². The first-order valence-corrected chi connectivity index (χ1v) is 6.11. The minimum absolute atomic E-state index is 0.924. The standard InChI is InChI=1S/C13H15BrN2/c1-15-8-12-6-7-16(10-12)9-11-2-4-13(14)5-3-11/h2-7,10,15H,8-9H2,1H3.